The van der Waals surface area contributed by atoms with Crippen molar-refractivity contribution in [3.8, 4) is 5.75 Å². The number of hydrogen-bond acceptors (Lipinski definition) is 6. The fourth-order valence-electron chi connectivity index (χ4n) is 2.22. The van der Waals surface area contributed by atoms with Gasteiger partial charge in [0.1, 0.15) is 12.3 Å². The van der Waals surface area contributed by atoms with E-state index in [0.29, 0.717) is 23.0 Å². The van der Waals surface area contributed by atoms with Crippen LogP contribution in [0.3, 0.4) is 0 Å². The smallest absolute Gasteiger partial charge is 0.264 e. The van der Waals surface area contributed by atoms with Crippen molar-refractivity contribution in [3.05, 3.63) is 63.9 Å². The SMILES string of the molecule is COc1ccc(Cc2noc(CN(C)C(=O)c3cccs3)n2)cc1. The summed E-state index contributed by atoms with van der Waals surface area (Å²) in [6, 6.07) is 11.4. The molecule has 0 fully saturated rings. The highest BCUT2D eigenvalue weighted by Gasteiger charge is 2.16. The molecule has 0 radical (unpaired) electrons. The van der Waals surface area contributed by atoms with Crippen LogP contribution in [-0.4, -0.2) is 35.1 Å². The number of nitrogens with zero attached hydrogens (tertiary/aromatic N) is 3. The molecule has 0 N–H and O–H groups in total. The van der Waals surface area contributed by atoms with Crippen molar-refractivity contribution in [2.45, 2.75) is 13.0 Å². The number of amides is 1. The van der Waals surface area contributed by atoms with E-state index in [9.17, 15) is 4.79 Å². The van der Waals surface area contributed by atoms with Gasteiger partial charge >= 0.3 is 0 Å². The van der Waals surface area contributed by atoms with Crippen LogP contribution >= 0.6 is 11.3 Å². The van der Waals surface area contributed by atoms with E-state index >= 15 is 0 Å². The van der Waals surface area contributed by atoms with Crippen molar-refractivity contribution in [1.29, 1.82) is 0 Å². The Labute approximate surface area is 143 Å². The number of benzene rings is 1. The van der Waals surface area contributed by atoms with Crippen LogP contribution < -0.4 is 4.74 Å². The predicted octanol–water partition coefficient (Wildman–Crippen LogP) is 3.00. The second-order valence-electron chi connectivity index (χ2n) is 5.27. The van der Waals surface area contributed by atoms with Gasteiger partial charge in [0.25, 0.3) is 5.91 Å². The minimum Gasteiger partial charge on any atom is -0.497 e. The summed E-state index contributed by atoms with van der Waals surface area (Å²) in [5.74, 6) is 1.76. The second kappa shape index (κ2) is 7.27. The molecule has 0 atom stereocenters. The highest BCUT2D eigenvalue weighted by molar-refractivity contribution is 7.12. The Morgan fingerprint density at radius 1 is 1.29 bits per heavy atom. The number of aromatic nitrogens is 2. The van der Waals surface area contributed by atoms with Crippen molar-refractivity contribution in [2.24, 2.45) is 0 Å². The average Bonchev–Trinajstić information content (AvgIpc) is 3.27. The van der Waals surface area contributed by atoms with Crippen molar-refractivity contribution in [2.75, 3.05) is 14.2 Å². The van der Waals surface area contributed by atoms with E-state index in [2.05, 4.69) is 10.1 Å². The highest BCUT2D eigenvalue weighted by Crippen LogP contribution is 2.15. The molecular weight excluding hydrogens is 326 g/mol. The van der Waals surface area contributed by atoms with E-state index in [0.717, 1.165) is 11.3 Å². The highest BCUT2D eigenvalue weighted by atomic mass is 32.1. The van der Waals surface area contributed by atoms with E-state index in [1.165, 1.54) is 11.3 Å². The Bertz CT molecular complexity index is 797. The van der Waals surface area contributed by atoms with Gasteiger partial charge in [-0.25, -0.2) is 0 Å². The van der Waals surface area contributed by atoms with Gasteiger partial charge in [-0.3, -0.25) is 4.79 Å². The summed E-state index contributed by atoms with van der Waals surface area (Å²) in [6.07, 6.45) is 0.566. The quantitative estimate of drug-likeness (QED) is 0.688. The number of carbonyl (C=O) groups is 1. The van der Waals surface area contributed by atoms with Crippen LogP contribution in [0.15, 0.2) is 46.3 Å². The topological polar surface area (TPSA) is 68.5 Å². The normalized spacial score (nSPS) is 10.6. The summed E-state index contributed by atoms with van der Waals surface area (Å²) < 4.78 is 10.4. The van der Waals surface area contributed by atoms with Gasteiger partial charge in [-0.15, -0.1) is 11.3 Å². The average molecular weight is 343 g/mol. The summed E-state index contributed by atoms with van der Waals surface area (Å²) in [5.41, 5.74) is 1.06. The molecule has 2 aromatic heterocycles. The molecule has 3 aromatic rings. The molecule has 1 amide bonds. The van der Waals surface area contributed by atoms with E-state index < -0.39 is 0 Å². The summed E-state index contributed by atoms with van der Waals surface area (Å²) in [6.45, 7) is 0.284. The first kappa shape index (κ1) is 16.2. The van der Waals surface area contributed by atoms with Gasteiger partial charge < -0.3 is 14.2 Å². The molecular formula is C17H17N3O3S. The maximum Gasteiger partial charge on any atom is 0.264 e. The number of hydrogen-bond donors (Lipinski definition) is 0. The van der Waals surface area contributed by atoms with Crippen LogP contribution in [0.4, 0.5) is 0 Å². The Kier molecular flexibility index (Phi) is 4.90. The third-order valence-electron chi connectivity index (χ3n) is 3.48. The Morgan fingerprint density at radius 2 is 2.08 bits per heavy atom. The van der Waals surface area contributed by atoms with Crippen molar-refractivity contribution in [1.82, 2.24) is 15.0 Å². The van der Waals surface area contributed by atoms with Crippen LogP contribution in [0, 0.1) is 0 Å². The van der Waals surface area contributed by atoms with Crippen LogP contribution in [0.5, 0.6) is 5.75 Å². The maximum atomic E-state index is 12.2. The van der Waals surface area contributed by atoms with E-state index in [4.69, 9.17) is 9.26 Å². The molecule has 7 heteroatoms. The molecule has 0 unspecified atom stereocenters. The zero-order chi connectivity index (χ0) is 16.9. The lowest BCUT2D eigenvalue weighted by Gasteiger charge is -2.12. The molecule has 2 heterocycles. The maximum absolute atomic E-state index is 12.2. The first-order valence-electron chi connectivity index (χ1n) is 7.39. The van der Waals surface area contributed by atoms with Gasteiger partial charge in [0.15, 0.2) is 5.82 Å². The number of carbonyl (C=O) groups excluding carboxylic acids is 1. The lowest BCUT2D eigenvalue weighted by Crippen LogP contribution is -2.25. The molecule has 0 aliphatic heterocycles. The fraction of sp³-hybridized carbons (Fsp3) is 0.235. The Morgan fingerprint density at radius 3 is 2.75 bits per heavy atom. The first-order valence-corrected chi connectivity index (χ1v) is 8.27. The van der Waals surface area contributed by atoms with Gasteiger partial charge in [-0.1, -0.05) is 23.4 Å². The van der Waals surface area contributed by atoms with Crippen molar-refractivity contribution in [3.63, 3.8) is 0 Å². The minimum absolute atomic E-state index is 0.0556. The molecule has 0 aliphatic rings. The summed E-state index contributed by atoms with van der Waals surface area (Å²) in [7, 11) is 3.35. The number of ether oxygens (including phenoxy) is 1. The molecule has 0 aliphatic carbocycles. The second-order valence-corrected chi connectivity index (χ2v) is 6.22. The van der Waals surface area contributed by atoms with Gasteiger partial charge in [0, 0.05) is 13.5 Å². The number of rotatable bonds is 6. The number of thiophene rings is 1. The zero-order valence-corrected chi connectivity index (χ0v) is 14.2. The third kappa shape index (κ3) is 3.80. The zero-order valence-electron chi connectivity index (χ0n) is 13.4. The molecule has 0 spiro atoms. The largest absolute Gasteiger partial charge is 0.497 e. The standard InChI is InChI=1S/C17H17N3O3S/c1-20(17(21)14-4-3-9-24-14)11-16-18-15(19-23-16)10-12-5-7-13(22-2)8-6-12/h3-9H,10-11H2,1-2H3. The molecule has 0 bridgehead atoms. The molecule has 3 rings (SSSR count). The number of methoxy groups -OCH3 is 1. The molecule has 0 saturated heterocycles. The first-order chi connectivity index (χ1) is 11.7. The van der Waals surface area contributed by atoms with Gasteiger partial charge in [-0.2, -0.15) is 4.98 Å². The van der Waals surface area contributed by atoms with E-state index in [1.54, 1.807) is 25.1 Å². The lowest BCUT2D eigenvalue weighted by molar-refractivity contribution is 0.0774. The van der Waals surface area contributed by atoms with Crippen LogP contribution in [0.25, 0.3) is 0 Å². The lowest BCUT2D eigenvalue weighted by atomic mass is 10.1. The van der Waals surface area contributed by atoms with E-state index in [-0.39, 0.29) is 12.5 Å². The van der Waals surface area contributed by atoms with Crippen LogP contribution in [0.2, 0.25) is 0 Å². The third-order valence-corrected chi connectivity index (χ3v) is 4.34. The van der Waals surface area contributed by atoms with Crippen molar-refractivity contribution >= 4 is 17.2 Å². The predicted molar refractivity (Wildman–Crippen MR) is 90.2 cm³/mol. The summed E-state index contributed by atoms with van der Waals surface area (Å²) in [4.78, 5) is 18.8. The molecule has 1 aromatic carbocycles. The fourth-order valence-corrected chi connectivity index (χ4v) is 2.93. The van der Waals surface area contributed by atoms with Crippen molar-refractivity contribution < 1.29 is 14.1 Å². The van der Waals surface area contributed by atoms with Gasteiger partial charge in [0.05, 0.1) is 12.0 Å². The van der Waals surface area contributed by atoms with Gasteiger partial charge in [0.2, 0.25) is 5.89 Å². The Hall–Kier alpha value is -2.67. The van der Waals surface area contributed by atoms with Gasteiger partial charge in [-0.05, 0) is 29.1 Å². The Balaban J connectivity index is 1.61. The molecule has 24 heavy (non-hydrogen) atoms. The summed E-state index contributed by atoms with van der Waals surface area (Å²) in [5, 5.41) is 5.85. The molecule has 0 saturated carbocycles. The summed E-state index contributed by atoms with van der Waals surface area (Å²) >= 11 is 1.41. The molecule has 124 valence electrons. The molecule has 6 nitrogen and oxygen atoms in total. The van der Waals surface area contributed by atoms with Crippen LogP contribution in [0.1, 0.15) is 27.0 Å². The monoisotopic (exact) mass is 343 g/mol. The minimum atomic E-state index is -0.0556. The van der Waals surface area contributed by atoms with Crippen LogP contribution in [-0.2, 0) is 13.0 Å². The van der Waals surface area contributed by atoms with E-state index in [1.807, 2.05) is 35.7 Å².